The largest absolute Gasteiger partial charge is 0.381 e. The summed E-state index contributed by atoms with van der Waals surface area (Å²) in [6.45, 7) is 6.53. The van der Waals surface area contributed by atoms with Crippen LogP contribution in [0.3, 0.4) is 0 Å². The lowest BCUT2D eigenvalue weighted by atomic mass is 10.1. The van der Waals surface area contributed by atoms with Crippen LogP contribution in [-0.2, 0) is 4.74 Å². The second kappa shape index (κ2) is 7.28. The third-order valence-electron chi connectivity index (χ3n) is 3.22. The van der Waals surface area contributed by atoms with Gasteiger partial charge in [-0.15, -0.1) is 0 Å². The zero-order chi connectivity index (χ0) is 10.2. The van der Waals surface area contributed by atoms with Crippen LogP contribution >= 0.6 is 0 Å². The smallest absolute Gasteiger partial charge is 0.0468 e. The highest BCUT2D eigenvalue weighted by Gasteiger charge is 2.13. The first kappa shape index (κ1) is 12.0. The number of hydrogen-bond donors (Lipinski definition) is 0. The molecule has 1 fully saturated rings. The van der Waals surface area contributed by atoms with Gasteiger partial charge in [-0.05, 0) is 31.1 Å². The molecule has 0 aliphatic heterocycles. The van der Waals surface area contributed by atoms with Crippen molar-refractivity contribution in [1.29, 1.82) is 0 Å². The predicted octanol–water partition coefficient (Wildman–Crippen LogP) is 4.02. The minimum atomic E-state index is 0.827. The highest BCUT2D eigenvalue weighted by molar-refractivity contribution is 4.66. The predicted molar refractivity (Wildman–Crippen MR) is 61.5 cm³/mol. The van der Waals surface area contributed by atoms with E-state index in [-0.39, 0.29) is 0 Å². The van der Waals surface area contributed by atoms with Crippen molar-refractivity contribution in [2.45, 2.75) is 58.8 Å². The third kappa shape index (κ3) is 5.64. The Bertz CT molecular complexity index is 125. The summed E-state index contributed by atoms with van der Waals surface area (Å²) in [5.41, 5.74) is 0. The average molecular weight is 198 g/mol. The molecule has 0 aromatic heterocycles. The van der Waals surface area contributed by atoms with E-state index >= 15 is 0 Å². The Labute approximate surface area is 89.2 Å². The summed E-state index contributed by atoms with van der Waals surface area (Å²) in [7, 11) is 0. The maximum Gasteiger partial charge on any atom is 0.0468 e. The summed E-state index contributed by atoms with van der Waals surface area (Å²) in [6, 6.07) is 0. The normalized spacial score (nSPS) is 18.2. The van der Waals surface area contributed by atoms with Gasteiger partial charge in [-0.2, -0.15) is 0 Å². The summed E-state index contributed by atoms with van der Waals surface area (Å²) in [4.78, 5) is 0. The van der Waals surface area contributed by atoms with Crippen LogP contribution < -0.4 is 0 Å². The van der Waals surface area contributed by atoms with Crippen LogP contribution in [0, 0.1) is 11.8 Å². The topological polar surface area (TPSA) is 9.23 Å². The molecule has 1 saturated carbocycles. The van der Waals surface area contributed by atoms with Gasteiger partial charge in [0, 0.05) is 13.2 Å². The van der Waals surface area contributed by atoms with E-state index in [1.54, 1.807) is 0 Å². The van der Waals surface area contributed by atoms with Crippen molar-refractivity contribution < 1.29 is 4.74 Å². The first-order valence-corrected chi connectivity index (χ1v) is 6.37. The molecule has 0 aromatic carbocycles. The zero-order valence-electron chi connectivity index (χ0n) is 9.93. The lowest BCUT2D eigenvalue weighted by Crippen LogP contribution is -2.03. The molecule has 0 N–H and O–H groups in total. The number of hydrogen-bond acceptors (Lipinski definition) is 1. The van der Waals surface area contributed by atoms with Crippen molar-refractivity contribution in [2.24, 2.45) is 11.8 Å². The van der Waals surface area contributed by atoms with Gasteiger partial charge in [-0.3, -0.25) is 0 Å². The van der Waals surface area contributed by atoms with Crippen LogP contribution in [-0.4, -0.2) is 13.2 Å². The van der Waals surface area contributed by atoms with Gasteiger partial charge in [0.25, 0.3) is 0 Å². The zero-order valence-corrected chi connectivity index (χ0v) is 9.93. The van der Waals surface area contributed by atoms with E-state index in [1.165, 1.54) is 44.9 Å². The van der Waals surface area contributed by atoms with Crippen molar-refractivity contribution >= 4 is 0 Å². The number of rotatable bonds is 7. The first-order valence-electron chi connectivity index (χ1n) is 6.37. The summed E-state index contributed by atoms with van der Waals surface area (Å²) >= 11 is 0. The van der Waals surface area contributed by atoms with E-state index in [4.69, 9.17) is 4.74 Å². The SMILES string of the molecule is CC(C)CCCOCCC1CCCC1. The monoisotopic (exact) mass is 198 g/mol. The molecular formula is C13H26O. The summed E-state index contributed by atoms with van der Waals surface area (Å²) in [6.07, 6.45) is 9.67. The molecular weight excluding hydrogens is 172 g/mol. The Balaban J connectivity index is 1.79. The van der Waals surface area contributed by atoms with Gasteiger partial charge in [0.15, 0.2) is 0 Å². The quantitative estimate of drug-likeness (QED) is 0.561. The molecule has 1 nitrogen and oxygen atoms in total. The number of ether oxygens (including phenoxy) is 1. The lowest BCUT2D eigenvalue weighted by Gasteiger charge is -2.09. The minimum absolute atomic E-state index is 0.827. The van der Waals surface area contributed by atoms with Gasteiger partial charge in [0.1, 0.15) is 0 Å². The Kier molecular flexibility index (Phi) is 6.25. The molecule has 0 heterocycles. The second-order valence-electron chi connectivity index (χ2n) is 5.09. The van der Waals surface area contributed by atoms with Crippen molar-refractivity contribution in [3.8, 4) is 0 Å². The molecule has 0 bridgehead atoms. The van der Waals surface area contributed by atoms with Crippen LogP contribution in [0.4, 0.5) is 0 Å². The molecule has 0 spiro atoms. The van der Waals surface area contributed by atoms with Crippen LogP contribution in [0.1, 0.15) is 58.8 Å². The molecule has 14 heavy (non-hydrogen) atoms. The molecule has 0 atom stereocenters. The van der Waals surface area contributed by atoms with E-state index in [1.807, 2.05) is 0 Å². The van der Waals surface area contributed by atoms with Crippen molar-refractivity contribution in [2.75, 3.05) is 13.2 Å². The molecule has 0 amide bonds. The Hall–Kier alpha value is -0.0400. The minimum Gasteiger partial charge on any atom is -0.381 e. The molecule has 0 saturated heterocycles. The maximum absolute atomic E-state index is 5.65. The van der Waals surface area contributed by atoms with Gasteiger partial charge in [0.2, 0.25) is 0 Å². The van der Waals surface area contributed by atoms with Gasteiger partial charge in [-0.1, -0.05) is 39.5 Å². The van der Waals surface area contributed by atoms with Gasteiger partial charge < -0.3 is 4.74 Å². The van der Waals surface area contributed by atoms with Gasteiger partial charge in [0.05, 0.1) is 0 Å². The van der Waals surface area contributed by atoms with Crippen LogP contribution in [0.5, 0.6) is 0 Å². The molecule has 1 rings (SSSR count). The van der Waals surface area contributed by atoms with Crippen molar-refractivity contribution in [3.63, 3.8) is 0 Å². The molecule has 1 heteroatoms. The van der Waals surface area contributed by atoms with E-state index in [9.17, 15) is 0 Å². The maximum atomic E-state index is 5.65. The highest BCUT2D eigenvalue weighted by Crippen LogP contribution is 2.27. The molecule has 84 valence electrons. The Morgan fingerprint density at radius 2 is 1.86 bits per heavy atom. The molecule has 0 radical (unpaired) electrons. The molecule has 1 aliphatic carbocycles. The van der Waals surface area contributed by atoms with E-state index < -0.39 is 0 Å². The van der Waals surface area contributed by atoms with Crippen LogP contribution in [0.15, 0.2) is 0 Å². The molecule has 0 aromatic rings. The standard InChI is InChI=1S/C13H26O/c1-12(2)6-5-10-14-11-9-13-7-3-4-8-13/h12-13H,3-11H2,1-2H3. The summed E-state index contributed by atoms with van der Waals surface area (Å²) in [5, 5.41) is 0. The first-order chi connectivity index (χ1) is 6.79. The van der Waals surface area contributed by atoms with Gasteiger partial charge in [-0.25, -0.2) is 0 Å². The highest BCUT2D eigenvalue weighted by atomic mass is 16.5. The lowest BCUT2D eigenvalue weighted by molar-refractivity contribution is 0.115. The fourth-order valence-corrected chi connectivity index (χ4v) is 2.24. The molecule has 0 unspecified atom stereocenters. The van der Waals surface area contributed by atoms with Crippen molar-refractivity contribution in [1.82, 2.24) is 0 Å². The van der Waals surface area contributed by atoms with E-state index in [0.29, 0.717) is 0 Å². The fourth-order valence-electron chi connectivity index (χ4n) is 2.24. The van der Waals surface area contributed by atoms with Crippen LogP contribution in [0.2, 0.25) is 0 Å². The average Bonchev–Trinajstić information content (AvgIpc) is 2.63. The van der Waals surface area contributed by atoms with E-state index in [2.05, 4.69) is 13.8 Å². The Morgan fingerprint density at radius 1 is 1.14 bits per heavy atom. The summed E-state index contributed by atoms with van der Waals surface area (Å²) in [5.74, 6) is 1.81. The second-order valence-corrected chi connectivity index (χ2v) is 5.09. The van der Waals surface area contributed by atoms with E-state index in [0.717, 1.165) is 25.0 Å². The van der Waals surface area contributed by atoms with Crippen molar-refractivity contribution in [3.05, 3.63) is 0 Å². The summed E-state index contributed by atoms with van der Waals surface area (Å²) < 4.78 is 5.65. The fraction of sp³-hybridized carbons (Fsp3) is 1.00. The Morgan fingerprint density at radius 3 is 2.50 bits per heavy atom. The van der Waals surface area contributed by atoms with Gasteiger partial charge >= 0.3 is 0 Å². The molecule has 1 aliphatic rings. The third-order valence-corrected chi connectivity index (χ3v) is 3.22. The van der Waals surface area contributed by atoms with Crippen LogP contribution in [0.25, 0.3) is 0 Å².